The number of likely N-dealkylation sites (tertiary alicyclic amines) is 1. The molecule has 2 rings (SSSR count). The van der Waals surface area contributed by atoms with E-state index in [0.717, 1.165) is 31.4 Å². The summed E-state index contributed by atoms with van der Waals surface area (Å²) in [6.07, 6.45) is 3.37. The predicted octanol–water partition coefficient (Wildman–Crippen LogP) is 1.49. The number of carbonyl (C=O) groups excluding carboxylic acids is 1. The van der Waals surface area contributed by atoms with Crippen molar-refractivity contribution in [2.75, 3.05) is 26.2 Å². The predicted molar refractivity (Wildman–Crippen MR) is 102 cm³/mol. The van der Waals surface area contributed by atoms with Gasteiger partial charge in [-0.25, -0.2) is 4.79 Å². The number of hydrogen-bond acceptors (Lipinski definition) is 4. The lowest BCUT2D eigenvalue weighted by Gasteiger charge is -2.31. The summed E-state index contributed by atoms with van der Waals surface area (Å²) in [5.41, 5.74) is 9.62. The van der Waals surface area contributed by atoms with Crippen LogP contribution in [0.1, 0.15) is 43.1 Å². The summed E-state index contributed by atoms with van der Waals surface area (Å²) in [5.74, 6) is 0.485. The molecule has 0 aromatic carbocycles. The smallest absolute Gasteiger partial charge is 0.409 e. The van der Waals surface area contributed by atoms with Crippen molar-refractivity contribution in [2.45, 2.75) is 52.5 Å². The highest BCUT2D eigenvalue weighted by atomic mass is 16.6. The molecule has 0 bridgehead atoms. The zero-order chi connectivity index (χ0) is 19.1. The molecule has 146 valence electrons. The van der Waals surface area contributed by atoms with Gasteiger partial charge < -0.3 is 20.7 Å². The Labute approximate surface area is 155 Å². The van der Waals surface area contributed by atoms with Crippen LogP contribution in [0.2, 0.25) is 0 Å². The van der Waals surface area contributed by atoms with Crippen LogP contribution in [0.3, 0.4) is 0 Å². The summed E-state index contributed by atoms with van der Waals surface area (Å²) in [5, 5.41) is 7.71. The van der Waals surface area contributed by atoms with Crippen molar-refractivity contribution in [3.8, 4) is 0 Å². The highest BCUT2D eigenvalue weighted by molar-refractivity contribution is 5.78. The average molecular weight is 364 g/mol. The normalized spacial score (nSPS) is 16.0. The topological polar surface area (TPSA) is 97.8 Å². The first-order valence-corrected chi connectivity index (χ1v) is 9.39. The second-order valence-electron chi connectivity index (χ2n) is 6.75. The van der Waals surface area contributed by atoms with E-state index >= 15 is 0 Å². The van der Waals surface area contributed by atoms with E-state index in [-0.39, 0.29) is 12.1 Å². The van der Waals surface area contributed by atoms with E-state index < -0.39 is 0 Å². The number of guanidine groups is 1. The summed E-state index contributed by atoms with van der Waals surface area (Å²) in [6, 6.07) is 0.257. The molecule has 0 radical (unpaired) electrons. The summed E-state index contributed by atoms with van der Waals surface area (Å²) in [7, 11) is 1.97. The number of aryl methyl sites for hydroxylation is 2. The number of nitrogens with one attached hydrogen (secondary N) is 1. The van der Waals surface area contributed by atoms with Crippen LogP contribution >= 0.6 is 0 Å². The van der Waals surface area contributed by atoms with Gasteiger partial charge in [0.2, 0.25) is 0 Å². The Hall–Kier alpha value is -2.25. The lowest BCUT2D eigenvalue weighted by atomic mass is 10.1. The Balaban J connectivity index is 1.70. The minimum atomic E-state index is -0.228. The molecule has 1 fully saturated rings. The largest absolute Gasteiger partial charge is 0.450 e. The molecule has 8 heteroatoms. The van der Waals surface area contributed by atoms with Gasteiger partial charge >= 0.3 is 6.09 Å². The number of aliphatic imine (C=N–C) groups is 1. The number of hydrogen-bond donors (Lipinski definition) is 2. The third kappa shape index (κ3) is 5.37. The van der Waals surface area contributed by atoms with Gasteiger partial charge in [0.15, 0.2) is 5.96 Å². The molecule has 0 aliphatic carbocycles. The Kier molecular flexibility index (Phi) is 7.29. The van der Waals surface area contributed by atoms with Crippen LogP contribution in [-0.2, 0) is 18.2 Å². The Morgan fingerprint density at radius 2 is 2.08 bits per heavy atom. The minimum absolute atomic E-state index is 0.228. The minimum Gasteiger partial charge on any atom is -0.450 e. The number of piperidine rings is 1. The molecule has 2 heterocycles. The maximum Gasteiger partial charge on any atom is 0.409 e. The molecule has 1 aromatic rings. The van der Waals surface area contributed by atoms with Crippen molar-refractivity contribution < 1.29 is 9.53 Å². The molecule has 1 aliphatic heterocycles. The van der Waals surface area contributed by atoms with Crippen LogP contribution in [0.25, 0.3) is 0 Å². The number of ether oxygens (including phenoxy) is 1. The molecule has 0 atom stereocenters. The van der Waals surface area contributed by atoms with Crippen LogP contribution in [0.5, 0.6) is 0 Å². The first-order chi connectivity index (χ1) is 12.4. The van der Waals surface area contributed by atoms with Crippen LogP contribution in [0.4, 0.5) is 4.79 Å². The number of nitrogens with two attached hydrogens (primary N) is 1. The van der Waals surface area contributed by atoms with Gasteiger partial charge in [-0.3, -0.25) is 9.67 Å². The molecule has 26 heavy (non-hydrogen) atoms. The lowest BCUT2D eigenvalue weighted by Crippen LogP contribution is -2.48. The summed E-state index contributed by atoms with van der Waals surface area (Å²) >= 11 is 0. The fraction of sp³-hybridized carbons (Fsp3) is 0.722. The maximum absolute atomic E-state index is 11.7. The van der Waals surface area contributed by atoms with Crippen LogP contribution < -0.4 is 11.1 Å². The van der Waals surface area contributed by atoms with Crippen molar-refractivity contribution >= 4 is 12.1 Å². The number of aromatic nitrogens is 2. The molecule has 1 aromatic heterocycles. The summed E-state index contributed by atoms with van der Waals surface area (Å²) in [4.78, 5) is 17.9. The van der Waals surface area contributed by atoms with Crippen molar-refractivity contribution in [3.05, 3.63) is 17.0 Å². The van der Waals surface area contributed by atoms with Crippen LogP contribution in [0, 0.1) is 13.8 Å². The standard InChI is InChI=1S/C18H32N6O2/c1-5-26-18(25)24-11-8-15(9-12-24)21-17(19)20-10-6-7-16-13(2)22-23(4)14(16)3/h15H,5-12H2,1-4H3,(H3,19,20,21). The number of nitrogens with zero attached hydrogens (tertiary/aromatic N) is 4. The monoisotopic (exact) mass is 364 g/mol. The van der Waals surface area contributed by atoms with Crippen molar-refractivity contribution in [1.82, 2.24) is 20.0 Å². The molecule has 3 N–H and O–H groups in total. The lowest BCUT2D eigenvalue weighted by molar-refractivity contribution is 0.0963. The van der Waals surface area contributed by atoms with E-state index in [0.29, 0.717) is 32.2 Å². The second kappa shape index (κ2) is 9.45. The van der Waals surface area contributed by atoms with E-state index in [9.17, 15) is 4.79 Å². The number of rotatable bonds is 6. The zero-order valence-electron chi connectivity index (χ0n) is 16.4. The third-order valence-corrected chi connectivity index (χ3v) is 4.90. The molecule has 0 saturated carbocycles. The van der Waals surface area contributed by atoms with Gasteiger partial charge in [-0.2, -0.15) is 5.10 Å². The second-order valence-corrected chi connectivity index (χ2v) is 6.75. The van der Waals surface area contributed by atoms with E-state index in [1.54, 1.807) is 4.90 Å². The summed E-state index contributed by atoms with van der Waals surface area (Å²) in [6.45, 7) is 8.43. The van der Waals surface area contributed by atoms with Gasteiger partial charge in [-0.05, 0) is 52.0 Å². The SMILES string of the molecule is CCOC(=O)N1CCC(NC(N)=NCCCc2c(C)nn(C)c2C)CC1. The summed E-state index contributed by atoms with van der Waals surface area (Å²) < 4.78 is 6.95. The average Bonchev–Trinajstić information content (AvgIpc) is 2.85. The molecule has 0 unspecified atom stereocenters. The number of amides is 1. The molecule has 1 amide bonds. The molecule has 1 saturated heterocycles. The Morgan fingerprint density at radius 3 is 2.65 bits per heavy atom. The molecular formula is C18H32N6O2. The zero-order valence-corrected chi connectivity index (χ0v) is 16.4. The first kappa shape index (κ1) is 20.1. The van der Waals surface area contributed by atoms with Gasteiger partial charge in [0.25, 0.3) is 0 Å². The molecule has 1 aliphatic rings. The third-order valence-electron chi connectivity index (χ3n) is 4.90. The fourth-order valence-corrected chi connectivity index (χ4v) is 3.31. The quantitative estimate of drug-likeness (QED) is 0.453. The van der Waals surface area contributed by atoms with Crippen LogP contribution in [0.15, 0.2) is 4.99 Å². The van der Waals surface area contributed by atoms with Gasteiger partial charge in [-0.15, -0.1) is 0 Å². The van der Waals surface area contributed by atoms with Crippen molar-refractivity contribution in [1.29, 1.82) is 0 Å². The highest BCUT2D eigenvalue weighted by Crippen LogP contribution is 2.14. The molecule has 0 spiro atoms. The van der Waals surface area contributed by atoms with Gasteiger partial charge in [0, 0.05) is 38.4 Å². The van der Waals surface area contributed by atoms with Crippen molar-refractivity contribution in [3.63, 3.8) is 0 Å². The molecule has 8 nitrogen and oxygen atoms in total. The van der Waals surface area contributed by atoms with E-state index in [2.05, 4.69) is 22.3 Å². The maximum atomic E-state index is 11.7. The Bertz CT molecular complexity index is 632. The molecular weight excluding hydrogens is 332 g/mol. The fourth-order valence-electron chi connectivity index (χ4n) is 3.31. The Morgan fingerprint density at radius 1 is 1.38 bits per heavy atom. The first-order valence-electron chi connectivity index (χ1n) is 9.39. The van der Waals surface area contributed by atoms with Crippen molar-refractivity contribution in [2.24, 2.45) is 17.8 Å². The highest BCUT2D eigenvalue weighted by Gasteiger charge is 2.23. The van der Waals surface area contributed by atoms with E-state index in [1.807, 2.05) is 25.6 Å². The van der Waals surface area contributed by atoms with Gasteiger partial charge in [0.1, 0.15) is 0 Å². The number of carbonyl (C=O) groups is 1. The van der Waals surface area contributed by atoms with E-state index in [4.69, 9.17) is 10.5 Å². The van der Waals surface area contributed by atoms with Gasteiger partial charge in [0.05, 0.1) is 12.3 Å². The van der Waals surface area contributed by atoms with E-state index in [1.165, 1.54) is 11.3 Å². The van der Waals surface area contributed by atoms with Gasteiger partial charge in [-0.1, -0.05) is 0 Å². The van der Waals surface area contributed by atoms with Crippen LogP contribution in [-0.4, -0.2) is 59.0 Å².